The van der Waals surface area contributed by atoms with E-state index in [0.717, 1.165) is 0 Å². The van der Waals surface area contributed by atoms with Crippen LogP contribution in [0.1, 0.15) is 16.2 Å². The number of carbonyl (C=O) groups is 1. The molecule has 2 heterocycles. The predicted molar refractivity (Wildman–Crippen MR) is 143 cm³/mol. The van der Waals surface area contributed by atoms with E-state index in [4.69, 9.17) is 22.1 Å². The number of carboxylic acids is 1. The summed E-state index contributed by atoms with van der Waals surface area (Å²) in [5, 5.41) is 12.0. The monoisotopic (exact) mass is 550 g/mol. The minimum atomic E-state index is -1.37. The van der Waals surface area contributed by atoms with Crippen molar-refractivity contribution >= 4 is 34.3 Å². The minimum Gasteiger partial charge on any atom is -0.478 e. The fourth-order valence-corrected chi connectivity index (χ4v) is 4.14. The van der Waals surface area contributed by atoms with Crippen molar-refractivity contribution in [3.05, 3.63) is 88.8 Å². The van der Waals surface area contributed by atoms with Crippen molar-refractivity contribution in [3.63, 3.8) is 0 Å². The zero-order chi connectivity index (χ0) is 27.5. The molecule has 0 amide bonds. The van der Waals surface area contributed by atoms with Crippen molar-refractivity contribution in [1.29, 1.82) is 0 Å². The predicted octanol–water partition coefficient (Wildman–Crippen LogP) is 5.27. The summed E-state index contributed by atoms with van der Waals surface area (Å²) in [7, 11) is 0. The molecule has 0 atom stereocenters. The zero-order valence-electron chi connectivity index (χ0n) is 20.2. The first kappa shape index (κ1) is 26.0. The number of ether oxygens (including phenoxy) is 1. The summed E-state index contributed by atoms with van der Waals surface area (Å²) in [4.78, 5) is 28.0. The van der Waals surface area contributed by atoms with Gasteiger partial charge >= 0.3 is 5.97 Å². The number of anilines is 1. The van der Waals surface area contributed by atoms with Crippen LogP contribution in [0.5, 0.6) is 5.88 Å². The maximum atomic E-state index is 14.6. The summed E-state index contributed by atoms with van der Waals surface area (Å²) in [5.41, 5.74) is 8.55. The van der Waals surface area contributed by atoms with Crippen molar-refractivity contribution in [2.75, 3.05) is 18.5 Å². The maximum absolute atomic E-state index is 14.6. The average molecular weight is 551 g/mol. The highest BCUT2D eigenvalue weighted by atomic mass is 35.5. The maximum Gasteiger partial charge on any atom is 0.338 e. The molecule has 3 aromatic carbocycles. The third-order valence-electron chi connectivity index (χ3n) is 5.80. The standard InChI is InChI=1S/C27H21ClF2N6O3/c28-17-10-14(4-6-18(17)29)25-26(15-5-7-19-21(11-15)34-23(13-33-19)39-9-8-31)36-22(35-25)12-32-20-3-1-2-16(24(20)30)27(37)38/h1-7,10-11,13,32H,8-9,12,31H2,(H,35,36)(H,37,38). The van der Waals surface area contributed by atoms with Crippen LogP contribution in [0.2, 0.25) is 5.02 Å². The van der Waals surface area contributed by atoms with Crippen LogP contribution < -0.4 is 15.8 Å². The smallest absolute Gasteiger partial charge is 0.338 e. The molecule has 0 unspecified atom stereocenters. The first-order chi connectivity index (χ1) is 18.8. The van der Waals surface area contributed by atoms with Crippen LogP contribution in [0.25, 0.3) is 33.5 Å². The van der Waals surface area contributed by atoms with Crippen LogP contribution in [0.15, 0.2) is 60.8 Å². The Hall–Kier alpha value is -4.61. The van der Waals surface area contributed by atoms with E-state index < -0.39 is 23.2 Å². The van der Waals surface area contributed by atoms with Crippen LogP contribution in [0.4, 0.5) is 14.5 Å². The summed E-state index contributed by atoms with van der Waals surface area (Å²) in [5.74, 6) is -2.09. The Morgan fingerprint density at radius 1 is 1.08 bits per heavy atom. The molecular weight excluding hydrogens is 530 g/mol. The van der Waals surface area contributed by atoms with Crippen molar-refractivity contribution in [2.24, 2.45) is 5.73 Å². The van der Waals surface area contributed by atoms with Gasteiger partial charge in [0.2, 0.25) is 5.88 Å². The number of fused-ring (bicyclic) bond motifs is 1. The van der Waals surface area contributed by atoms with Gasteiger partial charge in [-0.25, -0.2) is 28.5 Å². The molecule has 0 aliphatic heterocycles. The largest absolute Gasteiger partial charge is 0.478 e. The molecule has 0 saturated heterocycles. The lowest BCUT2D eigenvalue weighted by Gasteiger charge is -2.08. The number of nitrogens with two attached hydrogens (primary N) is 1. The highest BCUT2D eigenvalue weighted by molar-refractivity contribution is 6.31. The molecule has 0 saturated carbocycles. The van der Waals surface area contributed by atoms with E-state index in [-0.39, 0.29) is 17.3 Å². The van der Waals surface area contributed by atoms with Crippen molar-refractivity contribution in [2.45, 2.75) is 6.54 Å². The number of aromatic nitrogens is 4. The highest BCUT2D eigenvalue weighted by Gasteiger charge is 2.18. The van der Waals surface area contributed by atoms with E-state index in [1.807, 2.05) is 6.07 Å². The third kappa shape index (κ3) is 5.49. The van der Waals surface area contributed by atoms with Crippen LogP contribution in [-0.2, 0) is 6.54 Å². The number of rotatable bonds is 9. The number of H-pyrrole nitrogens is 1. The normalized spacial score (nSPS) is 11.1. The molecule has 0 spiro atoms. The van der Waals surface area contributed by atoms with Gasteiger partial charge < -0.3 is 25.9 Å². The van der Waals surface area contributed by atoms with E-state index in [1.54, 1.807) is 18.2 Å². The Kier molecular flexibility index (Phi) is 7.35. The van der Waals surface area contributed by atoms with E-state index >= 15 is 0 Å². The second kappa shape index (κ2) is 11.0. The molecule has 5 aromatic rings. The van der Waals surface area contributed by atoms with Gasteiger partial charge in [-0.05, 0) is 42.5 Å². The molecule has 5 N–H and O–H groups in total. The molecule has 2 aromatic heterocycles. The second-order valence-electron chi connectivity index (χ2n) is 8.41. The lowest BCUT2D eigenvalue weighted by atomic mass is 10.0. The highest BCUT2D eigenvalue weighted by Crippen LogP contribution is 2.34. The van der Waals surface area contributed by atoms with Gasteiger partial charge in [-0.1, -0.05) is 23.7 Å². The minimum absolute atomic E-state index is 0.00483. The van der Waals surface area contributed by atoms with Gasteiger partial charge in [0.25, 0.3) is 0 Å². The van der Waals surface area contributed by atoms with Gasteiger partial charge in [-0.3, -0.25) is 0 Å². The van der Waals surface area contributed by atoms with Crippen molar-refractivity contribution in [1.82, 2.24) is 19.9 Å². The molecule has 0 aliphatic rings. The van der Waals surface area contributed by atoms with E-state index in [9.17, 15) is 18.7 Å². The van der Waals surface area contributed by atoms with Gasteiger partial charge in [0.05, 0.1) is 51.4 Å². The van der Waals surface area contributed by atoms with E-state index in [2.05, 4.69) is 25.3 Å². The summed E-state index contributed by atoms with van der Waals surface area (Å²) in [6.45, 7) is 0.660. The quantitative estimate of drug-likeness (QED) is 0.195. The fraction of sp³-hybridized carbons (Fsp3) is 0.111. The van der Waals surface area contributed by atoms with E-state index in [0.29, 0.717) is 58.4 Å². The Bertz CT molecular complexity index is 1690. The Balaban J connectivity index is 1.54. The van der Waals surface area contributed by atoms with E-state index in [1.165, 1.54) is 36.5 Å². The van der Waals surface area contributed by atoms with Gasteiger partial charge in [0.1, 0.15) is 18.2 Å². The van der Waals surface area contributed by atoms with Gasteiger partial charge in [-0.2, -0.15) is 0 Å². The molecule has 0 radical (unpaired) electrons. The number of benzene rings is 3. The number of nitrogens with zero attached hydrogens (tertiary/aromatic N) is 3. The second-order valence-corrected chi connectivity index (χ2v) is 8.82. The number of imidazole rings is 1. The van der Waals surface area contributed by atoms with Gasteiger partial charge in [0.15, 0.2) is 5.82 Å². The fourth-order valence-electron chi connectivity index (χ4n) is 3.96. The first-order valence-electron chi connectivity index (χ1n) is 11.7. The number of aromatic carboxylic acids is 1. The van der Waals surface area contributed by atoms with Crippen LogP contribution in [0, 0.1) is 11.6 Å². The lowest BCUT2D eigenvalue weighted by molar-refractivity contribution is 0.0692. The topological polar surface area (TPSA) is 139 Å². The summed E-state index contributed by atoms with van der Waals surface area (Å²) < 4.78 is 34.0. The Labute approximate surface area is 225 Å². The number of halogens is 3. The number of aromatic amines is 1. The Morgan fingerprint density at radius 2 is 1.90 bits per heavy atom. The first-order valence-corrected chi connectivity index (χ1v) is 12.1. The molecule has 0 bridgehead atoms. The third-order valence-corrected chi connectivity index (χ3v) is 6.09. The SMILES string of the molecule is NCCOc1cnc2ccc(-c3[nH]c(CNc4cccc(C(=O)O)c4F)nc3-c3ccc(F)c(Cl)c3)cc2n1. The van der Waals surface area contributed by atoms with Crippen LogP contribution >= 0.6 is 11.6 Å². The summed E-state index contributed by atoms with van der Waals surface area (Å²) in [6.07, 6.45) is 1.52. The van der Waals surface area contributed by atoms with Crippen molar-refractivity contribution in [3.8, 4) is 28.4 Å². The molecule has 39 heavy (non-hydrogen) atoms. The molecule has 5 rings (SSSR count). The molecule has 198 valence electrons. The number of nitrogens with one attached hydrogen (secondary N) is 2. The molecule has 0 fully saturated rings. The number of hydrogen-bond acceptors (Lipinski definition) is 7. The van der Waals surface area contributed by atoms with Crippen LogP contribution in [0.3, 0.4) is 0 Å². The molecular formula is C27H21ClF2N6O3. The van der Waals surface area contributed by atoms with Gasteiger partial charge in [-0.15, -0.1) is 0 Å². The van der Waals surface area contributed by atoms with Crippen molar-refractivity contribution < 1.29 is 23.4 Å². The van der Waals surface area contributed by atoms with Gasteiger partial charge in [0, 0.05) is 17.7 Å². The summed E-state index contributed by atoms with van der Waals surface area (Å²) in [6, 6.07) is 13.7. The lowest BCUT2D eigenvalue weighted by Crippen LogP contribution is -2.11. The summed E-state index contributed by atoms with van der Waals surface area (Å²) >= 11 is 6.05. The average Bonchev–Trinajstić information content (AvgIpc) is 3.36. The molecule has 12 heteroatoms. The molecule has 0 aliphatic carbocycles. The Morgan fingerprint density at radius 3 is 2.67 bits per heavy atom. The van der Waals surface area contributed by atoms with Crippen LogP contribution in [-0.4, -0.2) is 44.2 Å². The molecule has 9 nitrogen and oxygen atoms in total. The number of hydrogen-bond donors (Lipinski definition) is 4. The zero-order valence-corrected chi connectivity index (χ0v) is 21.0. The number of carboxylic acid groups (broad SMARTS) is 1.